The van der Waals surface area contributed by atoms with Gasteiger partial charge in [-0.25, -0.2) is 0 Å². The Kier molecular flexibility index (Phi) is 4.24. The highest BCUT2D eigenvalue weighted by molar-refractivity contribution is 5.94. The van der Waals surface area contributed by atoms with Crippen LogP contribution in [0, 0.1) is 0 Å². The molecular formula is C18H20N6O2. The molecule has 1 atom stereocenters. The summed E-state index contributed by atoms with van der Waals surface area (Å²) in [5.74, 6) is 1.38. The van der Waals surface area contributed by atoms with Crippen LogP contribution in [0.25, 0.3) is 5.69 Å². The van der Waals surface area contributed by atoms with Crippen LogP contribution in [-0.4, -0.2) is 42.3 Å². The van der Waals surface area contributed by atoms with Crippen molar-refractivity contribution in [3.63, 3.8) is 0 Å². The second-order valence-electron chi connectivity index (χ2n) is 6.72. The highest BCUT2D eigenvalue weighted by atomic mass is 16.5. The molecular weight excluding hydrogens is 332 g/mol. The number of likely N-dealkylation sites (tertiary alicyclic amines) is 1. The maximum absolute atomic E-state index is 13.0. The van der Waals surface area contributed by atoms with E-state index in [0.717, 1.165) is 18.5 Å². The largest absolute Gasteiger partial charge is 0.337 e. The molecule has 4 rings (SSSR count). The fourth-order valence-electron chi connectivity index (χ4n) is 3.16. The molecule has 0 bridgehead atoms. The van der Waals surface area contributed by atoms with Crippen LogP contribution in [0.15, 0.2) is 41.4 Å². The van der Waals surface area contributed by atoms with Crippen molar-refractivity contribution in [3.8, 4) is 5.69 Å². The molecule has 1 fully saturated rings. The lowest BCUT2D eigenvalue weighted by molar-refractivity contribution is 0.0710. The molecule has 3 aromatic rings. The van der Waals surface area contributed by atoms with Crippen LogP contribution < -0.4 is 0 Å². The molecule has 2 aromatic heterocycles. The first-order valence-corrected chi connectivity index (χ1v) is 8.73. The van der Waals surface area contributed by atoms with Crippen LogP contribution in [0.5, 0.6) is 0 Å². The summed E-state index contributed by atoms with van der Waals surface area (Å²) >= 11 is 0. The lowest BCUT2D eigenvalue weighted by atomic mass is 10.1. The van der Waals surface area contributed by atoms with Crippen LogP contribution in [0.2, 0.25) is 0 Å². The molecule has 1 saturated heterocycles. The molecule has 1 amide bonds. The summed E-state index contributed by atoms with van der Waals surface area (Å²) in [6, 6.07) is 7.25. The van der Waals surface area contributed by atoms with Gasteiger partial charge >= 0.3 is 0 Å². The van der Waals surface area contributed by atoms with E-state index < -0.39 is 0 Å². The predicted octanol–water partition coefficient (Wildman–Crippen LogP) is 2.75. The summed E-state index contributed by atoms with van der Waals surface area (Å²) in [6.07, 6.45) is 5.00. The molecule has 1 aliphatic heterocycles. The van der Waals surface area contributed by atoms with Crippen molar-refractivity contribution in [1.29, 1.82) is 0 Å². The summed E-state index contributed by atoms with van der Waals surface area (Å²) in [7, 11) is 0. The van der Waals surface area contributed by atoms with E-state index in [1.807, 2.05) is 43.0 Å². The number of amides is 1. The van der Waals surface area contributed by atoms with Crippen LogP contribution in [0.1, 0.15) is 60.7 Å². The van der Waals surface area contributed by atoms with E-state index in [1.54, 1.807) is 17.2 Å². The van der Waals surface area contributed by atoms with Crippen molar-refractivity contribution in [3.05, 3.63) is 54.2 Å². The highest BCUT2D eigenvalue weighted by Crippen LogP contribution is 2.32. The summed E-state index contributed by atoms with van der Waals surface area (Å²) in [4.78, 5) is 19.3. The minimum atomic E-state index is -0.153. The summed E-state index contributed by atoms with van der Waals surface area (Å²) in [6.45, 7) is 4.73. The standard InChI is InChI=1S/C18H20N6O2/c1-12(2)16-21-17(26-22-16)15-4-3-9-24(15)18(25)13-5-7-14(8-6-13)23-10-19-20-11-23/h5-8,10-12,15H,3-4,9H2,1-2H3/t15-/m0/s1. The number of rotatable bonds is 4. The van der Waals surface area contributed by atoms with Gasteiger partial charge in [-0.3, -0.25) is 9.36 Å². The first kappa shape index (κ1) is 16.4. The molecule has 3 heterocycles. The third-order valence-electron chi connectivity index (χ3n) is 4.60. The second-order valence-corrected chi connectivity index (χ2v) is 6.72. The average molecular weight is 352 g/mol. The lowest BCUT2D eigenvalue weighted by Gasteiger charge is -2.22. The van der Waals surface area contributed by atoms with E-state index in [0.29, 0.717) is 23.8 Å². The van der Waals surface area contributed by atoms with Gasteiger partial charge in [-0.1, -0.05) is 19.0 Å². The number of benzene rings is 1. The molecule has 8 nitrogen and oxygen atoms in total. The van der Waals surface area contributed by atoms with E-state index in [9.17, 15) is 4.79 Å². The first-order chi connectivity index (χ1) is 12.6. The van der Waals surface area contributed by atoms with Gasteiger partial charge in [-0.15, -0.1) is 10.2 Å². The number of nitrogens with zero attached hydrogens (tertiary/aromatic N) is 6. The molecule has 26 heavy (non-hydrogen) atoms. The molecule has 0 aliphatic carbocycles. The van der Waals surface area contributed by atoms with E-state index >= 15 is 0 Å². The van der Waals surface area contributed by atoms with Crippen LogP contribution in [-0.2, 0) is 0 Å². The normalized spacial score (nSPS) is 17.2. The van der Waals surface area contributed by atoms with Crippen molar-refractivity contribution < 1.29 is 9.32 Å². The third kappa shape index (κ3) is 2.98. The monoisotopic (exact) mass is 352 g/mol. The quantitative estimate of drug-likeness (QED) is 0.717. The van der Waals surface area contributed by atoms with Gasteiger partial charge in [0.15, 0.2) is 5.82 Å². The first-order valence-electron chi connectivity index (χ1n) is 8.73. The summed E-state index contributed by atoms with van der Waals surface area (Å²) < 4.78 is 7.21. The SMILES string of the molecule is CC(C)c1noc([C@@H]2CCCN2C(=O)c2ccc(-n3cnnc3)cc2)n1. The van der Waals surface area contributed by atoms with Gasteiger partial charge in [0, 0.05) is 23.7 Å². The number of carbonyl (C=O) groups is 1. The van der Waals surface area contributed by atoms with E-state index in [2.05, 4.69) is 20.3 Å². The summed E-state index contributed by atoms with van der Waals surface area (Å²) in [5, 5.41) is 11.6. The van der Waals surface area contributed by atoms with Crippen LogP contribution in [0.4, 0.5) is 0 Å². The predicted molar refractivity (Wildman–Crippen MR) is 92.8 cm³/mol. The molecule has 134 valence electrons. The van der Waals surface area contributed by atoms with Gasteiger partial charge in [-0.2, -0.15) is 4.98 Å². The number of hydrogen-bond donors (Lipinski definition) is 0. The Morgan fingerprint density at radius 2 is 1.92 bits per heavy atom. The average Bonchev–Trinajstić information content (AvgIpc) is 3.42. The smallest absolute Gasteiger partial charge is 0.254 e. The van der Waals surface area contributed by atoms with Crippen molar-refractivity contribution in [2.75, 3.05) is 6.54 Å². The van der Waals surface area contributed by atoms with Gasteiger partial charge in [-0.05, 0) is 37.1 Å². The van der Waals surface area contributed by atoms with Crippen molar-refractivity contribution >= 4 is 5.91 Å². The number of hydrogen-bond acceptors (Lipinski definition) is 6. The zero-order chi connectivity index (χ0) is 18.1. The Balaban J connectivity index is 1.54. The Morgan fingerprint density at radius 3 is 2.58 bits per heavy atom. The van der Waals surface area contributed by atoms with E-state index in [1.165, 1.54) is 0 Å². The number of carbonyl (C=O) groups excluding carboxylic acids is 1. The highest BCUT2D eigenvalue weighted by Gasteiger charge is 2.34. The molecule has 0 unspecified atom stereocenters. The molecule has 1 aliphatic rings. The van der Waals surface area contributed by atoms with Gasteiger partial charge in [0.2, 0.25) is 5.89 Å². The zero-order valence-electron chi connectivity index (χ0n) is 14.7. The Hall–Kier alpha value is -3.03. The molecule has 0 N–H and O–H groups in total. The fourth-order valence-corrected chi connectivity index (χ4v) is 3.16. The van der Waals surface area contributed by atoms with Gasteiger partial charge < -0.3 is 9.42 Å². The molecule has 8 heteroatoms. The Bertz CT molecular complexity index is 885. The number of aromatic nitrogens is 5. The van der Waals surface area contributed by atoms with E-state index in [-0.39, 0.29) is 17.9 Å². The maximum atomic E-state index is 13.0. The Morgan fingerprint density at radius 1 is 1.19 bits per heavy atom. The maximum Gasteiger partial charge on any atom is 0.254 e. The Labute approximate surface area is 150 Å². The van der Waals surface area contributed by atoms with Gasteiger partial charge in [0.05, 0.1) is 0 Å². The third-order valence-corrected chi connectivity index (χ3v) is 4.60. The van der Waals surface area contributed by atoms with Gasteiger partial charge in [0.25, 0.3) is 5.91 Å². The summed E-state index contributed by atoms with van der Waals surface area (Å²) in [5.41, 5.74) is 1.54. The molecule has 0 spiro atoms. The molecule has 0 radical (unpaired) electrons. The van der Waals surface area contributed by atoms with Crippen molar-refractivity contribution in [1.82, 2.24) is 29.8 Å². The van der Waals surface area contributed by atoms with E-state index in [4.69, 9.17) is 4.52 Å². The lowest BCUT2D eigenvalue weighted by Crippen LogP contribution is -2.30. The van der Waals surface area contributed by atoms with Gasteiger partial charge in [0.1, 0.15) is 18.7 Å². The van der Waals surface area contributed by atoms with Crippen molar-refractivity contribution in [2.45, 2.75) is 38.6 Å². The zero-order valence-corrected chi connectivity index (χ0v) is 14.7. The fraction of sp³-hybridized carbons (Fsp3) is 0.389. The minimum Gasteiger partial charge on any atom is -0.337 e. The van der Waals surface area contributed by atoms with Crippen LogP contribution in [0.3, 0.4) is 0 Å². The molecule has 0 saturated carbocycles. The topological polar surface area (TPSA) is 89.9 Å². The van der Waals surface area contributed by atoms with Crippen molar-refractivity contribution in [2.24, 2.45) is 0 Å². The second kappa shape index (κ2) is 6.70. The molecule has 1 aromatic carbocycles. The van der Waals surface area contributed by atoms with Crippen LogP contribution >= 0.6 is 0 Å². The minimum absolute atomic E-state index is 0.0212.